The number of allylic oxidation sites excluding steroid dienone is 3. The van der Waals surface area contributed by atoms with E-state index >= 15 is 0 Å². The summed E-state index contributed by atoms with van der Waals surface area (Å²) in [5.74, 6) is 1.30. The minimum atomic E-state index is -0.490. The molecule has 5 nitrogen and oxygen atoms in total. The SMILES string of the molecule is COc1ccc([C@H]2C(C#N)=C(SCc3ccc(Cl)c(Cl)c3)NC3=C2C(=O)CC(C)(C)C3)cc1OC. The fourth-order valence-electron chi connectivity index (χ4n) is 4.64. The highest BCUT2D eigenvalue weighted by atomic mass is 35.5. The van der Waals surface area contributed by atoms with E-state index in [0.717, 1.165) is 21.9 Å². The fraction of sp³-hybridized carbons (Fsp3) is 0.333. The number of carbonyl (C=O) groups excluding carboxylic acids is 1. The van der Waals surface area contributed by atoms with E-state index in [9.17, 15) is 10.1 Å². The number of hydrogen-bond acceptors (Lipinski definition) is 6. The number of thioether (sulfide) groups is 1. The number of ketones is 1. The summed E-state index contributed by atoms with van der Waals surface area (Å²) in [6, 6.07) is 13.5. The van der Waals surface area contributed by atoms with Crippen molar-refractivity contribution in [3.05, 3.63) is 79.4 Å². The molecule has 0 fully saturated rings. The predicted octanol–water partition coefficient (Wildman–Crippen LogP) is 7.01. The van der Waals surface area contributed by atoms with E-state index in [-0.39, 0.29) is 11.2 Å². The summed E-state index contributed by atoms with van der Waals surface area (Å²) in [4.78, 5) is 13.4. The number of carbonyl (C=O) groups is 1. The van der Waals surface area contributed by atoms with Crippen LogP contribution in [0.1, 0.15) is 43.7 Å². The number of methoxy groups -OCH3 is 2. The van der Waals surface area contributed by atoms with Gasteiger partial charge in [-0.15, -0.1) is 11.8 Å². The zero-order chi connectivity index (χ0) is 25.3. The molecule has 2 aromatic rings. The largest absolute Gasteiger partial charge is 0.493 e. The molecule has 0 amide bonds. The highest BCUT2D eigenvalue weighted by Crippen LogP contribution is 2.49. The Kier molecular flexibility index (Phi) is 7.42. The molecule has 1 aliphatic heterocycles. The van der Waals surface area contributed by atoms with Crippen molar-refractivity contribution in [3.8, 4) is 17.6 Å². The Balaban J connectivity index is 1.80. The van der Waals surface area contributed by atoms with Gasteiger partial charge >= 0.3 is 0 Å². The highest BCUT2D eigenvalue weighted by molar-refractivity contribution is 8.02. The van der Waals surface area contributed by atoms with Crippen LogP contribution in [0.25, 0.3) is 0 Å². The van der Waals surface area contributed by atoms with E-state index in [1.54, 1.807) is 20.3 Å². The number of Topliss-reactive ketones (excluding diaryl/α,β-unsaturated/α-hetero) is 1. The summed E-state index contributed by atoms with van der Waals surface area (Å²) in [7, 11) is 3.15. The number of nitrogens with zero attached hydrogens (tertiary/aromatic N) is 1. The van der Waals surface area contributed by atoms with Crippen molar-refractivity contribution >= 4 is 40.7 Å². The third kappa shape index (κ3) is 5.18. The van der Waals surface area contributed by atoms with Crippen LogP contribution < -0.4 is 14.8 Å². The molecule has 0 unspecified atom stereocenters. The second-order valence-corrected chi connectivity index (χ2v) is 11.2. The smallest absolute Gasteiger partial charge is 0.162 e. The van der Waals surface area contributed by atoms with Crippen LogP contribution in [0.15, 0.2) is 58.3 Å². The number of dihydropyridines is 1. The van der Waals surface area contributed by atoms with Crippen molar-refractivity contribution in [1.29, 1.82) is 5.26 Å². The first-order chi connectivity index (χ1) is 16.7. The van der Waals surface area contributed by atoms with E-state index in [1.165, 1.54) is 11.8 Å². The molecular formula is C27H26Cl2N2O3S. The van der Waals surface area contributed by atoms with Crippen molar-refractivity contribution in [3.63, 3.8) is 0 Å². The number of benzene rings is 2. The first kappa shape index (κ1) is 25.5. The maximum Gasteiger partial charge on any atom is 0.162 e. The van der Waals surface area contributed by atoms with Crippen LogP contribution in [-0.4, -0.2) is 20.0 Å². The van der Waals surface area contributed by atoms with Crippen molar-refractivity contribution in [1.82, 2.24) is 5.32 Å². The molecule has 1 atom stereocenters. The van der Waals surface area contributed by atoms with E-state index in [1.807, 2.05) is 30.3 Å². The van der Waals surface area contributed by atoms with E-state index in [2.05, 4.69) is 25.2 Å². The molecule has 2 aliphatic rings. The molecule has 35 heavy (non-hydrogen) atoms. The molecule has 0 saturated heterocycles. The van der Waals surface area contributed by atoms with Gasteiger partial charge < -0.3 is 14.8 Å². The molecule has 1 N–H and O–H groups in total. The molecular weight excluding hydrogens is 503 g/mol. The molecule has 4 rings (SSSR count). The van der Waals surface area contributed by atoms with Gasteiger partial charge in [-0.2, -0.15) is 5.26 Å². The number of hydrogen-bond donors (Lipinski definition) is 1. The number of rotatable bonds is 6. The predicted molar refractivity (Wildman–Crippen MR) is 141 cm³/mol. The van der Waals surface area contributed by atoms with Gasteiger partial charge in [-0.25, -0.2) is 0 Å². The normalized spacial score (nSPS) is 19.1. The van der Waals surface area contributed by atoms with Gasteiger partial charge in [-0.1, -0.05) is 49.2 Å². The molecule has 0 radical (unpaired) electrons. The third-order valence-electron chi connectivity index (χ3n) is 6.23. The average molecular weight is 529 g/mol. The quantitative estimate of drug-likeness (QED) is 0.434. The van der Waals surface area contributed by atoms with E-state index in [4.69, 9.17) is 32.7 Å². The van der Waals surface area contributed by atoms with Crippen LogP contribution in [0, 0.1) is 16.7 Å². The Bertz CT molecular complexity index is 1290. The van der Waals surface area contributed by atoms with Crippen LogP contribution in [0.2, 0.25) is 10.0 Å². The molecule has 0 saturated carbocycles. The third-order valence-corrected chi connectivity index (χ3v) is 8.06. The molecule has 0 bridgehead atoms. The number of ether oxygens (including phenoxy) is 2. The van der Waals surface area contributed by atoms with Crippen LogP contribution in [0.5, 0.6) is 11.5 Å². The highest BCUT2D eigenvalue weighted by Gasteiger charge is 2.42. The van der Waals surface area contributed by atoms with Crippen molar-refractivity contribution in [2.75, 3.05) is 14.2 Å². The molecule has 0 aromatic heterocycles. The summed E-state index contributed by atoms with van der Waals surface area (Å²) in [6.45, 7) is 4.18. The van der Waals surface area contributed by atoms with Gasteiger partial charge in [-0.3, -0.25) is 4.79 Å². The number of halogens is 2. The van der Waals surface area contributed by atoms with E-state index in [0.29, 0.717) is 51.3 Å². The Hall–Kier alpha value is -2.59. The van der Waals surface area contributed by atoms with Gasteiger partial charge in [-0.05, 0) is 47.2 Å². The van der Waals surface area contributed by atoms with Gasteiger partial charge in [0.1, 0.15) is 0 Å². The number of nitrogens with one attached hydrogen (secondary N) is 1. The van der Waals surface area contributed by atoms with Crippen molar-refractivity contribution in [2.45, 2.75) is 38.4 Å². The summed E-state index contributed by atoms with van der Waals surface area (Å²) >= 11 is 13.8. The van der Waals surface area contributed by atoms with Crippen molar-refractivity contribution < 1.29 is 14.3 Å². The second-order valence-electron chi connectivity index (χ2n) is 9.40. The Morgan fingerprint density at radius 2 is 1.83 bits per heavy atom. The minimum Gasteiger partial charge on any atom is -0.493 e. The molecule has 1 aliphatic carbocycles. The van der Waals surface area contributed by atoms with Gasteiger partial charge in [0.2, 0.25) is 0 Å². The second kappa shape index (κ2) is 10.2. The fourth-order valence-corrected chi connectivity index (χ4v) is 5.97. The molecule has 0 spiro atoms. The lowest BCUT2D eigenvalue weighted by atomic mass is 9.69. The summed E-state index contributed by atoms with van der Waals surface area (Å²) < 4.78 is 10.9. The maximum atomic E-state index is 13.4. The average Bonchev–Trinajstić information content (AvgIpc) is 2.82. The van der Waals surface area contributed by atoms with Gasteiger partial charge in [0.25, 0.3) is 0 Å². The lowest BCUT2D eigenvalue weighted by molar-refractivity contribution is -0.118. The van der Waals surface area contributed by atoms with Crippen molar-refractivity contribution in [2.24, 2.45) is 5.41 Å². The monoisotopic (exact) mass is 528 g/mol. The van der Waals surface area contributed by atoms with Crippen LogP contribution in [0.4, 0.5) is 0 Å². The summed E-state index contributed by atoms with van der Waals surface area (Å²) in [6.07, 6.45) is 1.15. The Morgan fingerprint density at radius 3 is 2.49 bits per heavy atom. The molecule has 2 aromatic carbocycles. The summed E-state index contributed by atoms with van der Waals surface area (Å²) in [5, 5.41) is 15.5. The molecule has 8 heteroatoms. The summed E-state index contributed by atoms with van der Waals surface area (Å²) in [5.41, 5.74) is 3.67. The first-order valence-electron chi connectivity index (χ1n) is 11.1. The van der Waals surface area contributed by atoms with Gasteiger partial charge in [0.15, 0.2) is 17.3 Å². The molecule has 1 heterocycles. The van der Waals surface area contributed by atoms with Crippen LogP contribution in [-0.2, 0) is 10.5 Å². The van der Waals surface area contributed by atoms with Crippen LogP contribution >= 0.6 is 35.0 Å². The standard InChI is InChI=1S/C27H26Cl2N2O3S/c1-27(2)11-20-25(21(32)12-27)24(16-6-8-22(33-3)23(10-16)34-4)17(13-30)26(31-20)35-14-15-5-7-18(28)19(29)9-15/h5-10,24,31H,11-12,14H2,1-4H3/t24-/m0/s1. The van der Waals surface area contributed by atoms with Gasteiger partial charge in [0, 0.05) is 23.4 Å². The Labute approximate surface area is 220 Å². The van der Waals surface area contributed by atoms with E-state index < -0.39 is 5.92 Å². The Morgan fingerprint density at radius 1 is 1.09 bits per heavy atom. The van der Waals surface area contributed by atoms with Crippen LogP contribution in [0.3, 0.4) is 0 Å². The zero-order valence-corrected chi connectivity index (χ0v) is 22.3. The maximum absolute atomic E-state index is 13.4. The first-order valence-corrected chi connectivity index (χ1v) is 12.9. The topological polar surface area (TPSA) is 71.3 Å². The minimum absolute atomic E-state index is 0.0600. The molecule has 182 valence electrons. The number of nitriles is 1. The van der Waals surface area contributed by atoms with Gasteiger partial charge in [0.05, 0.1) is 46.9 Å². The lowest BCUT2D eigenvalue weighted by Crippen LogP contribution is -2.36. The zero-order valence-electron chi connectivity index (χ0n) is 20.0. The lowest BCUT2D eigenvalue weighted by Gasteiger charge is -2.39.